The normalized spacial score (nSPS) is 9.90. The van der Waals surface area contributed by atoms with Gasteiger partial charge in [0.15, 0.2) is 0 Å². The summed E-state index contributed by atoms with van der Waals surface area (Å²) in [6.07, 6.45) is 0. The molecule has 0 saturated heterocycles. The third-order valence-electron chi connectivity index (χ3n) is 3.09. The van der Waals surface area contributed by atoms with E-state index in [0.29, 0.717) is 22.4 Å². The molecule has 0 aromatic heterocycles. The fourth-order valence-electron chi connectivity index (χ4n) is 1.95. The molecule has 2 aromatic rings. The number of aryl methyl sites for hydroxylation is 1. The number of amides is 1. The van der Waals surface area contributed by atoms with Gasteiger partial charge in [0.2, 0.25) is 0 Å². The predicted molar refractivity (Wildman–Crippen MR) is 75.0 cm³/mol. The van der Waals surface area contributed by atoms with Gasteiger partial charge < -0.3 is 4.90 Å². The van der Waals surface area contributed by atoms with Crippen LogP contribution in [0.5, 0.6) is 0 Å². The van der Waals surface area contributed by atoms with Gasteiger partial charge in [-0.2, -0.15) is 5.26 Å². The lowest BCUT2D eigenvalue weighted by atomic mass is 10.1. The maximum Gasteiger partial charge on any atom is 0.258 e. The first kappa shape index (κ1) is 13.8. The predicted octanol–water partition coefficient (Wildman–Crippen LogP) is 3.28. The van der Waals surface area contributed by atoms with Crippen LogP contribution in [0.2, 0.25) is 0 Å². The summed E-state index contributed by atoms with van der Waals surface area (Å²) in [7, 11) is 1.63. The van der Waals surface area contributed by atoms with Crippen LogP contribution in [0.3, 0.4) is 0 Å². The van der Waals surface area contributed by atoms with E-state index in [9.17, 15) is 9.18 Å². The molecule has 0 unspecified atom stereocenters. The summed E-state index contributed by atoms with van der Waals surface area (Å²) >= 11 is 0. The lowest BCUT2D eigenvalue weighted by Gasteiger charge is -2.18. The summed E-state index contributed by atoms with van der Waals surface area (Å²) in [5, 5.41) is 8.88. The Hall–Kier alpha value is -2.67. The molecule has 0 N–H and O–H groups in total. The fraction of sp³-hybridized carbons (Fsp3) is 0.125. The standard InChI is InChI=1S/C16H13FN2O/c1-11-8-13(17)6-7-15(11)16(20)19(2)14-5-3-4-12(9-14)10-18/h3-9H,1-2H3. The maximum absolute atomic E-state index is 13.1. The van der Waals surface area contributed by atoms with Crippen molar-refractivity contribution >= 4 is 11.6 Å². The lowest BCUT2D eigenvalue weighted by Crippen LogP contribution is -2.27. The van der Waals surface area contributed by atoms with Crippen LogP contribution in [0.1, 0.15) is 21.5 Å². The van der Waals surface area contributed by atoms with E-state index in [1.54, 1.807) is 38.2 Å². The van der Waals surface area contributed by atoms with E-state index < -0.39 is 0 Å². The van der Waals surface area contributed by atoms with Gasteiger partial charge >= 0.3 is 0 Å². The third-order valence-corrected chi connectivity index (χ3v) is 3.09. The molecule has 0 radical (unpaired) electrons. The first-order valence-corrected chi connectivity index (χ1v) is 6.07. The van der Waals surface area contributed by atoms with Crippen molar-refractivity contribution < 1.29 is 9.18 Å². The lowest BCUT2D eigenvalue weighted by molar-refractivity contribution is 0.0992. The van der Waals surface area contributed by atoms with Crippen LogP contribution < -0.4 is 4.90 Å². The average Bonchev–Trinajstić information content (AvgIpc) is 2.46. The second-order valence-electron chi connectivity index (χ2n) is 4.49. The first-order chi connectivity index (χ1) is 9.52. The molecule has 0 aliphatic rings. The summed E-state index contributed by atoms with van der Waals surface area (Å²) in [5.74, 6) is -0.606. The number of carbonyl (C=O) groups excluding carboxylic acids is 1. The second kappa shape index (κ2) is 5.54. The average molecular weight is 268 g/mol. The van der Waals surface area contributed by atoms with Gasteiger partial charge in [0, 0.05) is 18.3 Å². The molecular formula is C16H13FN2O. The van der Waals surface area contributed by atoms with E-state index in [1.165, 1.54) is 23.1 Å². The highest BCUT2D eigenvalue weighted by Crippen LogP contribution is 2.19. The number of nitrogens with zero attached hydrogens (tertiary/aromatic N) is 2. The van der Waals surface area contributed by atoms with Crippen molar-refractivity contribution in [3.8, 4) is 6.07 Å². The molecule has 0 aliphatic heterocycles. The van der Waals surface area contributed by atoms with E-state index in [2.05, 4.69) is 0 Å². The Bertz CT molecular complexity index is 704. The fourth-order valence-corrected chi connectivity index (χ4v) is 1.95. The zero-order valence-corrected chi connectivity index (χ0v) is 11.2. The van der Waals surface area contributed by atoms with Crippen LogP contribution in [-0.4, -0.2) is 13.0 Å². The van der Waals surface area contributed by atoms with Crippen LogP contribution in [0.4, 0.5) is 10.1 Å². The maximum atomic E-state index is 13.1. The van der Waals surface area contributed by atoms with Crippen molar-refractivity contribution in [2.45, 2.75) is 6.92 Å². The highest BCUT2D eigenvalue weighted by atomic mass is 19.1. The number of hydrogen-bond acceptors (Lipinski definition) is 2. The van der Waals surface area contributed by atoms with Gasteiger partial charge in [-0.15, -0.1) is 0 Å². The van der Waals surface area contributed by atoms with Crippen LogP contribution >= 0.6 is 0 Å². The summed E-state index contributed by atoms with van der Waals surface area (Å²) in [4.78, 5) is 13.8. The van der Waals surface area contributed by atoms with Crippen molar-refractivity contribution in [1.29, 1.82) is 5.26 Å². The van der Waals surface area contributed by atoms with E-state index >= 15 is 0 Å². The minimum Gasteiger partial charge on any atom is -0.311 e. The van der Waals surface area contributed by atoms with E-state index in [1.807, 2.05) is 6.07 Å². The summed E-state index contributed by atoms with van der Waals surface area (Å²) < 4.78 is 13.1. The number of rotatable bonds is 2. The Morgan fingerprint density at radius 3 is 2.65 bits per heavy atom. The Morgan fingerprint density at radius 2 is 2.00 bits per heavy atom. The van der Waals surface area contributed by atoms with Gasteiger partial charge in [0.05, 0.1) is 11.6 Å². The smallest absolute Gasteiger partial charge is 0.258 e. The Balaban J connectivity index is 2.35. The van der Waals surface area contributed by atoms with Gasteiger partial charge in [-0.25, -0.2) is 4.39 Å². The van der Waals surface area contributed by atoms with Crippen LogP contribution in [0, 0.1) is 24.1 Å². The number of nitriles is 1. The van der Waals surface area contributed by atoms with Gasteiger partial charge in [-0.3, -0.25) is 4.79 Å². The molecule has 0 heterocycles. The van der Waals surface area contributed by atoms with Crippen LogP contribution in [0.15, 0.2) is 42.5 Å². The minimum atomic E-state index is -0.367. The third kappa shape index (κ3) is 2.67. The topological polar surface area (TPSA) is 44.1 Å². The van der Waals surface area contributed by atoms with Gasteiger partial charge in [-0.1, -0.05) is 6.07 Å². The highest BCUT2D eigenvalue weighted by molar-refractivity contribution is 6.06. The Labute approximate surface area is 116 Å². The van der Waals surface area contributed by atoms with Crippen LogP contribution in [0.25, 0.3) is 0 Å². The minimum absolute atomic E-state index is 0.238. The molecule has 0 atom stereocenters. The van der Waals surface area contributed by atoms with Crippen molar-refractivity contribution in [1.82, 2.24) is 0 Å². The SMILES string of the molecule is Cc1cc(F)ccc1C(=O)N(C)c1cccc(C#N)c1. The molecule has 0 fully saturated rings. The van der Waals surface area contributed by atoms with Crippen molar-refractivity contribution in [2.24, 2.45) is 0 Å². The van der Waals surface area contributed by atoms with E-state index in [0.717, 1.165) is 0 Å². The number of anilines is 1. The largest absolute Gasteiger partial charge is 0.311 e. The Kier molecular flexibility index (Phi) is 3.81. The molecule has 0 saturated carbocycles. The zero-order valence-electron chi connectivity index (χ0n) is 11.2. The summed E-state index contributed by atoms with van der Waals surface area (Å²) in [6.45, 7) is 1.69. The van der Waals surface area contributed by atoms with Crippen molar-refractivity contribution in [3.63, 3.8) is 0 Å². The summed E-state index contributed by atoms with van der Waals surface area (Å²) in [6, 6.07) is 12.9. The first-order valence-electron chi connectivity index (χ1n) is 6.07. The molecule has 2 aromatic carbocycles. The number of hydrogen-bond donors (Lipinski definition) is 0. The Morgan fingerprint density at radius 1 is 1.25 bits per heavy atom. The quantitative estimate of drug-likeness (QED) is 0.839. The van der Waals surface area contributed by atoms with E-state index in [4.69, 9.17) is 5.26 Å². The molecule has 3 nitrogen and oxygen atoms in total. The van der Waals surface area contributed by atoms with E-state index in [-0.39, 0.29) is 11.7 Å². The van der Waals surface area contributed by atoms with Gasteiger partial charge in [0.1, 0.15) is 5.82 Å². The molecule has 20 heavy (non-hydrogen) atoms. The van der Waals surface area contributed by atoms with Crippen molar-refractivity contribution in [3.05, 3.63) is 65.0 Å². The molecule has 2 rings (SSSR count). The molecule has 0 aliphatic carbocycles. The molecule has 100 valence electrons. The second-order valence-corrected chi connectivity index (χ2v) is 4.49. The summed E-state index contributed by atoms with van der Waals surface area (Å²) in [5.41, 5.74) is 2.13. The zero-order chi connectivity index (χ0) is 14.7. The number of carbonyl (C=O) groups is 1. The molecule has 1 amide bonds. The monoisotopic (exact) mass is 268 g/mol. The van der Waals surface area contributed by atoms with Gasteiger partial charge in [0.25, 0.3) is 5.91 Å². The molecule has 0 bridgehead atoms. The van der Waals surface area contributed by atoms with Gasteiger partial charge in [-0.05, 0) is 48.9 Å². The van der Waals surface area contributed by atoms with Crippen molar-refractivity contribution in [2.75, 3.05) is 11.9 Å². The van der Waals surface area contributed by atoms with Crippen LogP contribution in [-0.2, 0) is 0 Å². The molecule has 0 spiro atoms. The molecular weight excluding hydrogens is 255 g/mol. The number of benzene rings is 2. The highest BCUT2D eigenvalue weighted by Gasteiger charge is 2.16. The molecule has 4 heteroatoms. The number of halogens is 1.